The van der Waals surface area contributed by atoms with Gasteiger partial charge in [0.25, 0.3) is 0 Å². The first-order valence-corrected chi connectivity index (χ1v) is 8.38. The number of rotatable bonds is 5. The summed E-state index contributed by atoms with van der Waals surface area (Å²) in [7, 11) is 0. The molecule has 4 nitrogen and oxygen atoms in total. The normalized spacial score (nSPS) is 46.9. The van der Waals surface area contributed by atoms with Gasteiger partial charge in [0.1, 0.15) is 0 Å². The smallest absolute Gasteiger partial charge is 0.313 e. The second kappa shape index (κ2) is 5.10. The molecule has 2 saturated heterocycles. The van der Waals surface area contributed by atoms with E-state index in [1.54, 1.807) is 0 Å². The lowest BCUT2D eigenvalue weighted by molar-refractivity contribution is -0.185. The SMILES string of the molecule is CCOC(CC)OC(=O)C1CC2OC1C1C3C=CC(C3)C21. The first-order valence-electron chi connectivity index (χ1n) is 8.38. The van der Waals surface area contributed by atoms with Crippen LogP contribution in [-0.2, 0) is 19.0 Å². The summed E-state index contributed by atoms with van der Waals surface area (Å²) in [4.78, 5) is 12.5. The Kier molecular flexibility index (Phi) is 3.34. The van der Waals surface area contributed by atoms with E-state index in [9.17, 15) is 4.79 Å². The second-order valence-electron chi connectivity index (χ2n) is 6.81. The lowest BCUT2D eigenvalue weighted by Crippen LogP contribution is -2.40. The van der Waals surface area contributed by atoms with Crippen molar-refractivity contribution in [2.45, 2.75) is 51.6 Å². The van der Waals surface area contributed by atoms with Crippen LogP contribution in [0.5, 0.6) is 0 Å². The van der Waals surface area contributed by atoms with Crippen LogP contribution in [0, 0.1) is 29.6 Å². The number of carbonyl (C=O) groups excluding carboxylic acids is 1. The molecule has 0 N–H and O–H groups in total. The molecule has 116 valence electrons. The highest BCUT2D eigenvalue weighted by atomic mass is 16.7. The van der Waals surface area contributed by atoms with Gasteiger partial charge in [0.15, 0.2) is 0 Å². The number of carbonyl (C=O) groups is 1. The van der Waals surface area contributed by atoms with Crippen LogP contribution >= 0.6 is 0 Å². The maximum Gasteiger partial charge on any atom is 0.313 e. The summed E-state index contributed by atoms with van der Waals surface area (Å²) in [6.07, 6.45) is 7.45. The highest BCUT2D eigenvalue weighted by Gasteiger charge is 2.64. The Hall–Kier alpha value is -0.870. The number of esters is 1. The van der Waals surface area contributed by atoms with Gasteiger partial charge >= 0.3 is 5.97 Å². The number of ether oxygens (including phenoxy) is 3. The molecule has 0 aromatic carbocycles. The zero-order chi connectivity index (χ0) is 14.6. The predicted molar refractivity (Wildman–Crippen MR) is 76.3 cm³/mol. The summed E-state index contributed by atoms with van der Waals surface area (Å²) in [5.74, 6) is 2.32. The fraction of sp³-hybridized carbons (Fsp3) is 0.824. The van der Waals surface area contributed by atoms with Crippen molar-refractivity contribution in [2.24, 2.45) is 29.6 Å². The Labute approximate surface area is 125 Å². The van der Waals surface area contributed by atoms with Crippen molar-refractivity contribution in [3.8, 4) is 0 Å². The summed E-state index contributed by atoms with van der Waals surface area (Å²) < 4.78 is 17.1. The summed E-state index contributed by atoms with van der Waals surface area (Å²) in [5.41, 5.74) is 0. The van der Waals surface area contributed by atoms with Crippen molar-refractivity contribution < 1.29 is 19.0 Å². The number of hydrogen-bond donors (Lipinski definition) is 0. The predicted octanol–water partition coefficient (Wildman–Crippen LogP) is 2.53. The van der Waals surface area contributed by atoms with Gasteiger partial charge in [-0.2, -0.15) is 0 Å². The Balaban J connectivity index is 1.44. The van der Waals surface area contributed by atoms with Crippen LogP contribution in [0.25, 0.3) is 0 Å². The van der Waals surface area contributed by atoms with Gasteiger partial charge in [-0.15, -0.1) is 0 Å². The molecule has 4 heteroatoms. The quantitative estimate of drug-likeness (QED) is 0.444. The van der Waals surface area contributed by atoms with Crippen LogP contribution in [0.15, 0.2) is 12.2 Å². The molecule has 0 aromatic heterocycles. The van der Waals surface area contributed by atoms with Crippen molar-refractivity contribution >= 4 is 5.97 Å². The average molecular weight is 292 g/mol. The third-order valence-electron chi connectivity index (χ3n) is 5.84. The van der Waals surface area contributed by atoms with E-state index in [0.717, 1.165) is 6.42 Å². The first kappa shape index (κ1) is 13.8. The van der Waals surface area contributed by atoms with Crippen molar-refractivity contribution in [3.05, 3.63) is 12.2 Å². The Morgan fingerprint density at radius 1 is 1.24 bits per heavy atom. The maximum atomic E-state index is 12.5. The van der Waals surface area contributed by atoms with Crippen LogP contribution in [0.2, 0.25) is 0 Å². The molecule has 0 aromatic rings. The molecule has 4 rings (SSSR count). The Morgan fingerprint density at radius 3 is 2.71 bits per heavy atom. The molecule has 1 saturated carbocycles. The molecule has 8 unspecified atom stereocenters. The van der Waals surface area contributed by atoms with Crippen LogP contribution < -0.4 is 0 Å². The highest BCUT2D eigenvalue weighted by Crippen LogP contribution is 2.61. The molecule has 2 heterocycles. The van der Waals surface area contributed by atoms with E-state index in [-0.39, 0.29) is 24.1 Å². The van der Waals surface area contributed by atoms with Gasteiger partial charge in [-0.05, 0) is 43.4 Å². The largest absolute Gasteiger partial charge is 0.435 e. The summed E-state index contributed by atoms with van der Waals surface area (Å²) >= 11 is 0. The number of fused-ring (bicyclic) bond motifs is 9. The van der Waals surface area contributed by atoms with Crippen LogP contribution in [-0.4, -0.2) is 31.1 Å². The van der Waals surface area contributed by atoms with Crippen molar-refractivity contribution in [3.63, 3.8) is 0 Å². The minimum atomic E-state index is -0.405. The molecule has 0 amide bonds. The van der Waals surface area contributed by atoms with Crippen LogP contribution in [0.3, 0.4) is 0 Å². The van der Waals surface area contributed by atoms with Crippen molar-refractivity contribution in [1.29, 1.82) is 0 Å². The molecule has 0 radical (unpaired) electrons. The standard InChI is InChI=1S/C17H24O4/c1-3-13(19-4-2)21-17(18)11-8-12-14-9-5-6-10(7-9)15(14)16(11)20-12/h5-6,9-16H,3-4,7-8H2,1-2H3. The molecule has 8 atom stereocenters. The molecule has 4 bridgehead atoms. The Morgan fingerprint density at radius 2 is 2.00 bits per heavy atom. The zero-order valence-corrected chi connectivity index (χ0v) is 12.7. The third kappa shape index (κ3) is 1.99. The van der Waals surface area contributed by atoms with E-state index >= 15 is 0 Å². The second-order valence-corrected chi connectivity index (χ2v) is 6.81. The topological polar surface area (TPSA) is 44.8 Å². The van der Waals surface area contributed by atoms with E-state index in [2.05, 4.69) is 12.2 Å². The van der Waals surface area contributed by atoms with E-state index in [1.165, 1.54) is 6.42 Å². The molecule has 4 aliphatic rings. The fourth-order valence-corrected chi connectivity index (χ4v) is 5.10. The number of allylic oxidation sites excluding steroid dienone is 2. The lowest BCUT2D eigenvalue weighted by Gasteiger charge is -2.32. The van der Waals surface area contributed by atoms with Crippen molar-refractivity contribution in [1.82, 2.24) is 0 Å². The van der Waals surface area contributed by atoms with Gasteiger partial charge < -0.3 is 14.2 Å². The molecular formula is C17H24O4. The van der Waals surface area contributed by atoms with E-state index in [1.807, 2.05) is 13.8 Å². The molecule has 21 heavy (non-hydrogen) atoms. The van der Waals surface area contributed by atoms with Gasteiger partial charge in [0.05, 0.1) is 18.1 Å². The highest BCUT2D eigenvalue weighted by molar-refractivity contribution is 5.74. The van der Waals surface area contributed by atoms with Gasteiger partial charge in [-0.1, -0.05) is 19.1 Å². The maximum absolute atomic E-state index is 12.5. The van der Waals surface area contributed by atoms with Gasteiger partial charge in [-0.25, -0.2) is 0 Å². The monoisotopic (exact) mass is 292 g/mol. The molecule has 2 aliphatic carbocycles. The van der Waals surface area contributed by atoms with E-state index in [0.29, 0.717) is 36.7 Å². The lowest BCUT2D eigenvalue weighted by atomic mass is 9.69. The molecule has 2 aliphatic heterocycles. The first-order chi connectivity index (χ1) is 10.2. The molecule has 3 fully saturated rings. The minimum Gasteiger partial charge on any atom is -0.435 e. The summed E-state index contributed by atoms with van der Waals surface area (Å²) in [5, 5.41) is 0. The fourth-order valence-electron chi connectivity index (χ4n) is 5.10. The summed E-state index contributed by atoms with van der Waals surface area (Å²) in [6, 6.07) is 0. The van der Waals surface area contributed by atoms with E-state index in [4.69, 9.17) is 14.2 Å². The average Bonchev–Trinajstić information content (AvgIpc) is 3.23. The van der Waals surface area contributed by atoms with Crippen LogP contribution in [0.4, 0.5) is 0 Å². The number of hydrogen-bond acceptors (Lipinski definition) is 4. The molecule has 0 spiro atoms. The van der Waals surface area contributed by atoms with Gasteiger partial charge in [-0.3, -0.25) is 4.79 Å². The van der Waals surface area contributed by atoms with Gasteiger partial charge in [0.2, 0.25) is 6.29 Å². The Bertz CT molecular complexity index is 460. The zero-order valence-electron chi connectivity index (χ0n) is 12.7. The van der Waals surface area contributed by atoms with Gasteiger partial charge in [0, 0.05) is 13.0 Å². The minimum absolute atomic E-state index is 0.0755. The summed E-state index contributed by atoms with van der Waals surface area (Å²) in [6.45, 7) is 4.46. The van der Waals surface area contributed by atoms with E-state index < -0.39 is 6.29 Å². The molecular weight excluding hydrogens is 268 g/mol. The van der Waals surface area contributed by atoms with Crippen molar-refractivity contribution in [2.75, 3.05) is 6.61 Å². The van der Waals surface area contributed by atoms with Crippen LogP contribution in [0.1, 0.15) is 33.1 Å². The third-order valence-corrected chi connectivity index (χ3v) is 5.84.